The van der Waals surface area contributed by atoms with Gasteiger partial charge in [-0.15, -0.1) is 0 Å². The van der Waals surface area contributed by atoms with Gasteiger partial charge in [0, 0.05) is 44.3 Å². The lowest BCUT2D eigenvalue weighted by Gasteiger charge is -2.35. The highest BCUT2D eigenvalue weighted by atomic mass is 35.5. The van der Waals surface area contributed by atoms with Gasteiger partial charge in [-0.2, -0.15) is 4.31 Å². The summed E-state index contributed by atoms with van der Waals surface area (Å²) in [4.78, 5) is 17.5. The zero-order chi connectivity index (χ0) is 26.3. The van der Waals surface area contributed by atoms with E-state index in [0.29, 0.717) is 18.1 Å². The molecule has 0 aromatic heterocycles. The second-order valence-corrected chi connectivity index (χ2v) is 11.5. The van der Waals surface area contributed by atoms with Gasteiger partial charge in [-0.1, -0.05) is 78.4 Å². The van der Waals surface area contributed by atoms with E-state index in [9.17, 15) is 13.2 Å². The Morgan fingerprint density at radius 2 is 1.57 bits per heavy atom. The van der Waals surface area contributed by atoms with Gasteiger partial charge in [0.15, 0.2) is 0 Å². The summed E-state index contributed by atoms with van der Waals surface area (Å²) < 4.78 is 28.4. The topological polar surface area (TPSA) is 60.9 Å². The highest BCUT2D eigenvalue weighted by Crippen LogP contribution is 2.22. The third-order valence-electron chi connectivity index (χ3n) is 6.57. The molecule has 3 aromatic carbocycles. The Bertz CT molecular complexity index is 1320. The van der Waals surface area contributed by atoms with Crippen LogP contribution in [0.1, 0.15) is 16.7 Å². The van der Waals surface area contributed by atoms with E-state index in [-0.39, 0.29) is 23.9 Å². The predicted molar refractivity (Wildman–Crippen MR) is 149 cm³/mol. The molecule has 1 amide bonds. The lowest BCUT2D eigenvalue weighted by molar-refractivity contribution is -0.133. The minimum absolute atomic E-state index is 0.119. The second-order valence-electron chi connectivity index (χ2n) is 9.15. The molecule has 1 heterocycles. The molecule has 6 nitrogen and oxygen atoms in total. The smallest absolute Gasteiger partial charge is 0.243 e. The lowest BCUT2D eigenvalue weighted by Crippen LogP contribution is -2.51. The van der Waals surface area contributed by atoms with Gasteiger partial charge >= 0.3 is 0 Å². The molecule has 194 valence electrons. The number of rotatable bonds is 9. The fraction of sp³-hybridized carbons (Fsp3) is 0.276. The molecule has 0 saturated carbocycles. The van der Waals surface area contributed by atoms with Crippen LogP contribution in [0.15, 0.2) is 89.8 Å². The Morgan fingerprint density at radius 1 is 0.919 bits per heavy atom. The molecule has 0 radical (unpaired) electrons. The Kier molecular flexibility index (Phi) is 9.16. The van der Waals surface area contributed by atoms with Crippen LogP contribution in [0.2, 0.25) is 5.02 Å². The molecular weight excluding hydrogens is 506 g/mol. The van der Waals surface area contributed by atoms with Crippen LogP contribution >= 0.6 is 11.6 Å². The SMILES string of the molecule is Cc1ccccc1CN(CC(=O)N1CCN(C/C=C/c2ccccc2)CC1)S(=O)(=O)c1ccc(Cl)cc1. The minimum atomic E-state index is -3.91. The molecule has 1 aliphatic heterocycles. The molecule has 1 saturated heterocycles. The van der Waals surface area contributed by atoms with Crippen molar-refractivity contribution in [1.82, 2.24) is 14.1 Å². The third kappa shape index (κ3) is 7.29. The van der Waals surface area contributed by atoms with Crippen molar-refractivity contribution >= 4 is 33.6 Å². The largest absolute Gasteiger partial charge is 0.339 e. The van der Waals surface area contributed by atoms with E-state index in [0.717, 1.165) is 36.3 Å². The van der Waals surface area contributed by atoms with E-state index in [2.05, 4.69) is 29.2 Å². The highest BCUT2D eigenvalue weighted by Gasteiger charge is 2.30. The summed E-state index contributed by atoms with van der Waals surface area (Å²) >= 11 is 5.97. The number of hydrogen-bond acceptors (Lipinski definition) is 4. The van der Waals surface area contributed by atoms with Crippen LogP contribution in [0.25, 0.3) is 6.08 Å². The van der Waals surface area contributed by atoms with Gasteiger partial charge in [0.1, 0.15) is 0 Å². The summed E-state index contributed by atoms with van der Waals surface area (Å²) in [6.07, 6.45) is 4.23. The number of benzene rings is 3. The molecule has 0 bridgehead atoms. The zero-order valence-electron chi connectivity index (χ0n) is 21.0. The number of sulfonamides is 1. The van der Waals surface area contributed by atoms with Crippen LogP contribution in [0.5, 0.6) is 0 Å². The predicted octanol–water partition coefficient (Wildman–Crippen LogP) is 4.70. The number of aryl methyl sites for hydroxylation is 1. The molecule has 0 spiro atoms. The van der Waals surface area contributed by atoms with Crippen molar-refractivity contribution in [2.24, 2.45) is 0 Å². The molecule has 0 atom stereocenters. The Hall–Kier alpha value is -2.97. The van der Waals surface area contributed by atoms with Crippen molar-refractivity contribution in [3.05, 3.63) is 107 Å². The maximum atomic E-state index is 13.6. The number of nitrogens with zero attached hydrogens (tertiary/aromatic N) is 3. The molecule has 0 N–H and O–H groups in total. The van der Waals surface area contributed by atoms with Crippen molar-refractivity contribution in [3.8, 4) is 0 Å². The lowest BCUT2D eigenvalue weighted by atomic mass is 10.1. The fourth-order valence-electron chi connectivity index (χ4n) is 4.29. The summed E-state index contributed by atoms with van der Waals surface area (Å²) in [6.45, 7) is 5.27. The summed E-state index contributed by atoms with van der Waals surface area (Å²) in [5.41, 5.74) is 3.00. The van der Waals surface area contributed by atoms with Gasteiger partial charge in [-0.05, 0) is 47.9 Å². The molecule has 4 rings (SSSR count). The van der Waals surface area contributed by atoms with E-state index in [1.54, 1.807) is 17.0 Å². The van der Waals surface area contributed by atoms with E-state index in [1.807, 2.05) is 49.4 Å². The number of carbonyl (C=O) groups excluding carboxylic acids is 1. The Morgan fingerprint density at radius 3 is 2.24 bits per heavy atom. The van der Waals surface area contributed by atoms with Crippen LogP contribution in [0, 0.1) is 6.92 Å². The monoisotopic (exact) mass is 537 g/mol. The third-order valence-corrected chi connectivity index (χ3v) is 8.63. The Labute approximate surface area is 224 Å². The molecule has 0 unspecified atom stereocenters. The summed E-state index contributed by atoms with van der Waals surface area (Å²) in [6, 6.07) is 23.8. The van der Waals surface area contributed by atoms with Gasteiger partial charge in [0.2, 0.25) is 15.9 Å². The van der Waals surface area contributed by atoms with Crippen molar-refractivity contribution in [3.63, 3.8) is 0 Å². The van der Waals surface area contributed by atoms with Gasteiger partial charge in [-0.3, -0.25) is 9.69 Å². The number of amides is 1. The maximum absolute atomic E-state index is 13.6. The van der Waals surface area contributed by atoms with E-state index < -0.39 is 10.0 Å². The average Bonchev–Trinajstić information content (AvgIpc) is 2.90. The number of hydrogen-bond donors (Lipinski definition) is 0. The van der Waals surface area contributed by atoms with Crippen molar-refractivity contribution in [2.75, 3.05) is 39.3 Å². The first-order chi connectivity index (χ1) is 17.8. The van der Waals surface area contributed by atoms with Crippen LogP contribution in [-0.2, 0) is 21.4 Å². The molecule has 1 fully saturated rings. The van der Waals surface area contributed by atoms with E-state index >= 15 is 0 Å². The molecular formula is C29H32ClN3O3S. The second kappa shape index (κ2) is 12.5. The van der Waals surface area contributed by atoms with Crippen LogP contribution in [-0.4, -0.2) is 67.7 Å². The minimum Gasteiger partial charge on any atom is -0.339 e. The summed E-state index contributed by atoms with van der Waals surface area (Å²) in [7, 11) is -3.91. The summed E-state index contributed by atoms with van der Waals surface area (Å²) in [5, 5.41) is 0.456. The van der Waals surface area contributed by atoms with Crippen LogP contribution < -0.4 is 0 Å². The quantitative estimate of drug-likeness (QED) is 0.397. The van der Waals surface area contributed by atoms with Crippen molar-refractivity contribution < 1.29 is 13.2 Å². The van der Waals surface area contributed by atoms with Crippen molar-refractivity contribution in [1.29, 1.82) is 0 Å². The molecule has 0 aliphatic carbocycles. The summed E-state index contributed by atoms with van der Waals surface area (Å²) in [5.74, 6) is -0.189. The normalized spacial score (nSPS) is 14.9. The number of piperazine rings is 1. The van der Waals surface area contributed by atoms with Gasteiger partial charge in [-0.25, -0.2) is 8.42 Å². The average molecular weight is 538 g/mol. The first-order valence-corrected chi connectivity index (χ1v) is 14.2. The zero-order valence-corrected chi connectivity index (χ0v) is 22.5. The van der Waals surface area contributed by atoms with Gasteiger partial charge in [0.05, 0.1) is 11.4 Å². The first kappa shape index (κ1) is 27.1. The number of carbonyl (C=O) groups is 1. The van der Waals surface area contributed by atoms with Crippen LogP contribution in [0.3, 0.4) is 0 Å². The number of halogens is 1. The maximum Gasteiger partial charge on any atom is 0.243 e. The van der Waals surface area contributed by atoms with Crippen LogP contribution in [0.4, 0.5) is 0 Å². The van der Waals surface area contributed by atoms with Gasteiger partial charge < -0.3 is 4.90 Å². The van der Waals surface area contributed by atoms with E-state index in [1.165, 1.54) is 16.4 Å². The van der Waals surface area contributed by atoms with Crippen molar-refractivity contribution in [2.45, 2.75) is 18.4 Å². The highest BCUT2D eigenvalue weighted by molar-refractivity contribution is 7.89. The Balaban J connectivity index is 1.41. The first-order valence-electron chi connectivity index (χ1n) is 12.3. The van der Waals surface area contributed by atoms with Gasteiger partial charge in [0.25, 0.3) is 0 Å². The molecule has 1 aliphatic rings. The molecule has 37 heavy (non-hydrogen) atoms. The molecule has 8 heteroatoms. The molecule has 3 aromatic rings. The fourth-order valence-corrected chi connectivity index (χ4v) is 5.79. The van der Waals surface area contributed by atoms with E-state index in [4.69, 9.17) is 11.6 Å². The standard InChI is InChI=1S/C29H32ClN3O3S/c1-24-8-5-6-12-26(24)22-33(37(35,36)28-15-13-27(30)14-16-28)23-29(34)32-20-18-31(19-21-32)17-7-11-25-9-3-2-4-10-25/h2-16H,17-23H2,1H3/b11-7+.